The molecule has 4 atom stereocenters. The lowest BCUT2D eigenvalue weighted by atomic mass is 9.82. The quantitative estimate of drug-likeness (QED) is 0.495. The second-order valence-electron chi connectivity index (χ2n) is 7.81. The Hall–Kier alpha value is -2.34. The Morgan fingerprint density at radius 1 is 1.11 bits per heavy atom. The third-order valence-corrected chi connectivity index (χ3v) is 6.28. The van der Waals surface area contributed by atoms with Crippen molar-refractivity contribution in [3.8, 4) is 0 Å². The van der Waals surface area contributed by atoms with Crippen LogP contribution in [0.25, 0.3) is 10.9 Å². The number of nitrogens with one attached hydrogen (secondary N) is 2. The normalized spacial score (nSPS) is 29.4. The molecule has 1 aromatic heterocycles. The van der Waals surface area contributed by atoms with E-state index >= 15 is 0 Å². The van der Waals surface area contributed by atoms with E-state index in [4.69, 9.17) is 4.74 Å². The summed E-state index contributed by atoms with van der Waals surface area (Å²) in [6, 6.07) is 12.3. The number of benzene rings is 1. The minimum atomic E-state index is 0.490. The molecule has 4 unspecified atom stereocenters. The van der Waals surface area contributed by atoms with Crippen LogP contribution in [-0.2, 0) is 4.74 Å². The molecule has 3 fully saturated rings. The van der Waals surface area contributed by atoms with Crippen molar-refractivity contribution < 1.29 is 4.74 Å². The van der Waals surface area contributed by atoms with Crippen LogP contribution in [0.2, 0.25) is 0 Å². The van der Waals surface area contributed by atoms with Gasteiger partial charge in [0, 0.05) is 50.4 Å². The van der Waals surface area contributed by atoms with E-state index in [1.807, 2.05) is 31.3 Å². The van der Waals surface area contributed by atoms with Gasteiger partial charge in [-0.1, -0.05) is 18.2 Å². The third-order valence-electron chi connectivity index (χ3n) is 6.28. The van der Waals surface area contributed by atoms with Gasteiger partial charge in [-0.05, 0) is 31.0 Å². The van der Waals surface area contributed by atoms with Gasteiger partial charge in [-0.15, -0.1) is 0 Å². The summed E-state index contributed by atoms with van der Waals surface area (Å²) < 4.78 is 6.08. The molecule has 142 valence electrons. The fraction of sp³-hybridized carbons (Fsp3) is 0.524. The zero-order valence-corrected chi connectivity index (χ0v) is 15.8. The van der Waals surface area contributed by atoms with Gasteiger partial charge in [-0.25, -0.2) is 4.98 Å². The lowest BCUT2D eigenvalue weighted by Gasteiger charge is -2.23. The Bertz CT molecular complexity index is 835. The lowest BCUT2D eigenvalue weighted by Crippen LogP contribution is -2.42. The van der Waals surface area contributed by atoms with Crippen LogP contribution in [-0.4, -0.2) is 61.3 Å². The van der Waals surface area contributed by atoms with Crippen molar-refractivity contribution in [1.29, 1.82) is 0 Å². The summed E-state index contributed by atoms with van der Waals surface area (Å²) in [6.45, 7) is 3.77. The van der Waals surface area contributed by atoms with Gasteiger partial charge >= 0.3 is 0 Å². The number of rotatable bonds is 4. The van der Waals surface area contributed by atoms with Crippen LogP contribution in [0.5, 0.6) is 0 Å². The van der Waals surface area contributed by atoms with E-state index < -0.39 is 0 Å². The molecule has 6 heteroatoms. The maximum absolute atomic E-state index is 6.08. The van der Waals surface area contributed by atoms with Crippen molar-refractivity contribution in [3.63, 3.8) is 0 Å². The molecule has 5 rings (SSSR count). The second kappa shape index (κ2) is 7.00. The maximum Gasteiger partial charge on any atom is 0.193 e. The van der Waals surface area contributed by atoms with Crippen LogP contribution in [0.3, 0.4) is 0 Å². The highest BCUT2D eigenvalue weighted by atomic mass is 16.5. The zero-order valence-electron chi connectivity index (χ0n) is 15.8. The number of pyridine rings is 1. The van der Waals surface area contributed by atoms with E-state index in [1.54, 1.807) is 0 Å². The molecule has 3 aliphatic rings. The molecule has 0 amide bonds. The first-order valence-corrected chi connectivity index (χ1v) is 10.0. The molecule has 3 saturated heterocycles. The molecular weight excluding hydrogens is 338 g/mol. The van der Waals surface area contributed by atoms with E-state index in [0.29, 0.717) is 24.0 Å². The average molecular weight is 365 g/mol. The van der Waals surface area contributed by atoms with E-state index in [2.05, 4.69) is 37.6 Å². The average Bonchev–Trinajstić information content (AvgIpc) is 3.41. The summed E-state index contributed by atoms with van der Waals surface area (Å²) in [5.74, 6) is 3.32. The third kappa shape index (κ3) is 3.12. The molecule has 3 aliphatic heterocycles. The summed E-state index contributed by atoms with van der Waals surface area (Å²) in [7, 11) is 1.87. The van der Waals surface area contributed by atoms with Gasteiger partial charge in [-0.3, -0.25) is 4.99 Å². The van der Waals surface area contributed by atoms with Gasteiger partial charge in [0.1, 0.15) is 5.82 Å². The number of likely N-dealkylation sites (tertiary alicyclic amines) is 1. The Labute approximate surface area is 160 Å². The highest BCUT2D eigenvalue weighted by Gasteiger charge is 2.53. The molecular formula is C21H27N5O. The fourth-order valence-corrected chi connectivity index (χ4v) is 4.99. The Kier molecular flexibility index (Phi) is 4.36. The highest BCUT2D eigenvalue weighted by molar-refractivity contribution is 5.81. The van der Waals surface area contributed by atoms with Crippen molar-refractivity contribution in [2.45, 2.75) is 25.0 Å². The topological polar surface area (TPSA) is 61.8 Å². The summed E-state index contributed by atoms with van der Waals surface area (Å²) >= 11 is 0. The smallest absolute Gasteiger partial charge is 0.193 e. The summed E-state index contributed by atoms with van der Waals surface area (Å²) in [4.78, 5) is 11.6. The maximum atomic E-state index is 6.08. The SMILES string of the molecule is CN=C(NCCNc1ccc2ccccc2n1)N1CC2C3CCC(O3)C2C1. The molecule has 0 spiro atoms. The minimum Gasteiger partial charge on any atom is -0.374 e. The van der Waals surface area contributed by atoms with E-state index in [0.717, 1.165) is 43.5 Å². The van der Waals surface area contributed by atoms with Crippen LogP contribution in [0.1, 0.15) is 12.8 Å². The van der Waals surface area contributed by atoms with Gasteiger partial charge in [0.15, 0.2) is 5.96 Å². The number of aliphatic imine (C=N–C) groups is 1. The van der Waals surface area contributed by atoms with Crippen LogP contribution in [0.4, 0.5) is 5.82 Å². The molecule has 27 heavy (non-hydrogen) atoms. The number of nitrogens with zero attached hydrogens (tertiary/aromatic N) is 3. The number of guanidine groups is 1. The van der Waals surface area contributed by atoms with Crippen molar-refractivity contribution in [2.75, 3.05) is 38.5 Å². The van der Waals surface area contributed by atoms with E-state index in [1.165, 1.54) is 18.2 Å². The summed E-state index contributed by atoms with van der Waals surface area (Å²) in [6.07, 6.45) is 3.47. The van der Waals surface area contributed by atoms with Crippen molar-refractivity contribution in [1.82, 2.24) is 15.2 Å². The van der Waals surface area contributed by atoms with Crippen molar-refractivity contribution >= 4 is 22.7 Å². The lowest BCUT2D eigenvalue weighted by molar-refractivity contribution is 0.0767. The first kappa shape index (κ1) is 16.8. The second-order valence-corrected chi connectivity index (χ2v) is 7.81. The molecule has 0 radical (unpaired) electrons. The molecule has 4 heterocycles. The number of aromatic nitrogens is 1. The first-order valence-electron chi connectivity index (χ1n) is 10.0. The number of hydrogen-bond acceptors (Lipinski definition) is 4. The van der Waals surface area contributed by atoms with Gasteiger partial charge < -0.3 is 20.3 Å². The standard InChI is InChI=1S/C21H27N5O/c1-22-21(26-12-15-16(13-26)19-8-7-18(15)27-19)24-11-10-23-20-9-6-14-4-2-3-5-17(14)25-20/h2-6,9,15-16,18-19H,7-8,10-13H2,1H3,(H,22,24)(H,23,25). The molecule has 2 N–H and O–H groups in total. The fourth-order valence-electron chi connectivity index (χ4n) is 4.99. The Balaban J connectivity index is 1.13. The van der Waals surface area contributed by atoms with Crippen LogP contribution < -0.4 is 10.6 Å². The van der Waals surface area contributed by atoms with E-state index in [9.17, 15) is 0 Å². The Morgan fingerprint density at radius 2 is 1.89 bits per heavy atom. The molecule has 6 nitrogen and oxygen atoms in total. The molecule has 1 aromatic carbocycles. The van der Waals surface area contributed by atoms with Crippen LogP contribution in [0, 0.1) is 11.8 Å². The van der Waals surface area contributed by atoms with Gasteiger partial charge in [0.25, 0.3) is 0 Å². The highest BCUT2D eigenvalue weighted by Crippen LogP contribution is 2.47. The Morgan fingerprint density at radius 3 is 2.67 bits per heavy atom. The number of para-hydroxylation sites is 1. The van der Waals surface area contributed by atoms with Crippen molar-refractivity contribution in [3.05, 3.63) is 36.4 Å². The van der Waals surface area contributed by atoms with Gasteiger partial charge in [-0.2, -0.15) is 0 Å². The summed E-state index contributed by atoms with van der Waals surface area (Å²) in [5, 5.41) is 8.07. The number of hydrogen-bond donors (Lipinski definition) is 2. The number of anilines is 1. The van der Waals surface area contributed by atoms with Gasteiger partial charge in [0.2, 0.25) is 0 Å². The van der Waals surface area contributed by atoms with Crippen molar-refractivity contribution in [2.24, 2.45) is 16.8 Å². The zero-order chi connectivity index (χ0) is 18.2. The number of fused-ring (bicyclic) bond motifs is 6. The predicted molar refractivity (Wildman–Crippen MR) is 108 cm³/mol. The minimum absolute atomic E-state index is 0.490. The predicted octanol–water partition coefficient (Wildman–Crippen LogP) is 2.33. The molecule has 2 bridgehead atoms. The first-order chi connectivity index (χ1) is 13.3. The molecule has 0 saturated carbocycles. The summed E-state index contributed by atoms with van der Waals surface area (Å²) in [5.41, 5.74) is 1.02. The van der Waals surface area contributed by atoms with Crippen LogP contribution in [0.15, 0.2) is 41.4 Å². The molecule has 2 aromatic rings. The van der Waals surface area contributed by atoms with Gasteiger partial charge in [0.05, 0.1) is 17.7 Å². The van der Waals surface area contributed by atoms with E-state index in [-0.39, 0.29) is 0 Å². The van der Waals surface area contributed by atoms with Crippen LogP contribution >= 0.6 is 0 Å². The monoisotopic (exact) mass is 365 g/mol. The largest absolute Gasteiger partial charge is 0.374 e. The number of ether oxygens (including phenoxy) is 1. The molecule has 0 aliphatic carbocycles.